The van der Waals surface area contributed by atoms with Gasteiger partial charge in [-0.05, 0) is 38.2 Å². The van der Waals surface area contributed by atoms with E-state index in [0.29, 0.717) is 16.0 Å². The topological polar surface area (TPSA) is 121 Å². The summed E-state index contributed by atoms with van der Waals surface area (Å²) in [5.74, 6) is -2.83. The number of ether oxygens (including phenoxy) is 1. The third kappa shape index (κ3) is 3.87. The molecule has 5 rings (SSSR count). The van der Waals surface area contributed by atoms with E-state index in [0.717, 1.165) is 15.4 Å². The molecule has 0 spiro atoms. The number of aliphatic hydroxyl groups excluding tert-OH is 1. The molecule has 11 heteroatoms. The van der Waals surface area contributed by atoms with Crippen LogP contribution in [0.2, 0.25) is 0 Å². The van der Waals surface area contributed by atoms with Crippen molar-refractivity contribution < 1.29 is 29.3 Å². The number of aromatic nitrogens is 2. The lowest BCUT2D eigenvalue weighted by atomic mass is 9.65. The van der Waals surface area contributed by atoms with Crippen molar-refractivity contribution in [3.8, 4) is 0 Å². The van der Waals surface area contributed by atoms with Crippen molar-refractivity contribution in [1.82, 2.24) is 14.3 Å². The van der Waals surface area contributed by atoms with Gasteiger partial charge in [-0.2, -0.15) is 0 Å². The summed E-state index contributed by atoms with van der Waals surface area (Å²) in [6.07, 6.45) is 4.75. The minimum Gasteiger partial charge on any atom is -0.477 e. The number of benzene rings is 1. The number of carboxylic acids is 1. The van der Waals surface area contributed by atoms with Gasteiger partial charge in [0.05, 0.1) is 35.1 Å². The van der Waals surface area contributed by atoms with E-state index in [1.807, 2.05) is 42.8 Å². The molecule has 1 unspecified atom stereocenters. The van der Waals surface area contributed by atoms with Gasteiger partial charge in [0.25, 0.3) is 0 Å². The molecule has 0 aliphatic carbocycles. The number of β-lactam (4-membered cyclic amide) rings is 1. The Balaban J connectivity index is 1.55. The van der Waals surface area contributed by atoms with Gasteiger partial charge < -0.3 is 19.8 Å². The highest BCUT2D eigenvalue weighted by Gasteiger charge is 2.66. The average molecular weight is 542 g/mol. The van der Waals surface area contributed by atoms with Crippen LogP contribution in [0.4, 0.5) is 0 Å². The number of hydrogen-bond acceptors (Lipinski definition) is 8. The van der Waals surface area contributed by atoms with Gasteiger partial charge in [-0.1, -0.05) is 25.1 Å². The van der Waals surface area contributed by atoms with Crippen LogP contribution in [0, 0.1) is 18.3 Å². The van der Waals surface area contributed by atoms with Crippen molar-refractivity contribution in [3.63, 3.8) is 0 Å². The molecule has 4 heterocycles. The number of hydrogen-bond donors (Lipinski definition) is 2. The largest absolute Gasteiger partial charge is 0.477 e. The van der Waals surface area contributed by atoms with Gasteiger partial charge in [-0.15, -0.1) is 23.1 Å². The normalized spacial score (nSPS) is 23.8. The van der Waals surface area contributed by atoms with Crippen LogP contribution in [0.25, 0.3) is 10.4 Å². The van der Waals surface area contributed by atoms with Crippen molar-refractivity contribution in [3.05, 3.63) is 58.5 Å². The first kappa shape index (κ1) is 25.5. The van der Waals surface area contributed by atoms with Gasteiger partial charge >= 0.3 is 11.9 Å². The summed E-state index contributed by atoms with van der Waals surface area (Å²) in [4.78, 5) is 45.6. The number of imidazole rings is 1. The van der Waals surface area contributed by atoms with Crippen LogP contribution in [0.15, 0.2) is 47.5 Å². The first-order valence-corrected chi connectivity index (χ1v) is 13.9. The highest BCUT2D eigenvalue weighted by molar-refractivity contribution is 7.98. The Morgan fingerprint density at radius 1 is 1.32 bits per heavy atom. The maximum absolute atomic E-state index is 13.1. The van der Waals surface area contributed by atoms with Gasteiger partial charge in [0.1, 0.15) is 21.9 Å². The lowest BCUT2D eigenvalue weighted by molar-refractivity contribution is -0.167. The number of rotatable bonds is 8. The predicted molar refractivity (Wildman–Crippen MR) is 139 cm³/mol. The molecule has 2 aromatic heterocycles. The second-order valence-corrected chi connectivity index (χ2v) is 11.5. The summed E-state index contributed by atoms with van der Waals surface area (Å²) in [6, 6.07) is 6.57. The number of carboxylic acid groups (broad SMARTS) is 1. The maximum atomic E-state index is 13.1. The summed E-state index contributed by atoms with van der Waals surface area (Å²) in [7, 11) is 0. The number of aliphatic carboxylic acids is 1. The van der Waals surface area contributed by atoms with E-state index in [2.05, 4.69) is 4.98 Å². The number of aryl methyl sites for hydroxylation is 1. The Morgan fingerprint density at radius 2 is 2.05 bits per heavy atom. The monoisotopic (exact) mass is 541 g/mol. The molecule has 1 fully saturated rings. The third-order valence-corrected chi connectivity index (χ3v) is 9.35. The van der Waals surface area contributed by atoms with Crippen LogP contribution in [0.1, 0.15) is 41.1 Å². The molecule has 3 aromatic rings. The summed E-state index contributed by atoms with van der Waals surface area (Å²) >= 11 is 2.90. The number of amides is 1. The fourth-order valence-corrected chi connectivity index (χ4v) is 7.56. The van der Waals surface area contributed by atoms with E-state index < -0.39 is 41.3 Å². The van der Waals surface area contributed by atoms with Gasteiger partial charge in [0, 0.05) is 17.2 Å². The molecule has 1 aromatic carbocycles. The zero-order valence-electron chi connectivity index (χ0n) is 20.8. The Hall–Kier alpha value is -3.15. The number of carbonyl (C=O) groups is 3. The fourth-order valence-electron chi connectivity index (χ4n) is 5.60. The zero-order chi connectivity index (χ0) is 26.6. The Morgan fingerprint density at radius 3 is 2.70 bits per heavy atom. The number of nitrogens with zero attached hydrogens (tertiary/aromatic N) is 3. The van der Waals surface area contributed by atoms with Crippen molar-refractivity contribution in [2.45, 2.75) is 44.4 Å². The first-order chi connectivity index (χ1) is 17.6. The highest BCUT2D eigenvalue weighted by atomic mass is 32.2. The van der Waals surface area contributed by atoms with E-state index in [4.69, 9.17) is 4.74 Å². The first-order valence-electron chi connectivity index (χ1n) is 11.8. The Labute approximate surface area is 221 Å². The van der Waals surface area contributed by atoms with E-state index in [1.165, 1.54) is 28.0 Å². The molecule has 0 radical (unpaired) electrons. The minimum absolute atomic E-state index is 0.0208. The van der Waals surface area contributed by atoms with Gasteiger partial charge in [-0.3, -0.25) is 9.20 Å². The molecule has 2 aliphatic rings. The van der Waals surface area contributed by atoms with Crippen LogP contribution >= 0.6 is 23.1 Å². The molecular weight excluding hydrogens is 514 g/mol. The van der Waals surface area contributed by atoms with E-state index in [9.17, 15) is 24.6 Å². The number of esters is 1. The highest BCUT2D eigenvalue weighted by Crippen LogP contribution is 2.60. The van der Waals surface area contributed by atoms with E-state index in [-0.39, 0.29) is 18.7 Å². The van der Waals surface area contributed by atoms with Crippen LogP contribution in [0.3, 0.4) is 0 Å². The Kier molecular flexibility index (Phi) is 6.41. The second kappa shape index (κ2) is 9.30. The molecule has 1 saturated heterocycles. The van der Waals surface area contributed by atoms with Gasteiger partial charge in [0.15, 0.2) is 0 Å². The van der Waals surface area contributed by atoms with Crippen LogP contribution in [-0.4, -0.2) is 67.4 Å². The fraction of sp³-hybridized carbons (Fsp3) is 0.385. The molecule has 194 valence electrons. The molecule has 2 aliphatic heterocycles. The van der Waals surface area contributed by atoms with Crippen molar-refractivity contribution in [1.29, 1.82) is 0 Å². The maximum Gasteiger partial charge on any atom is 0.352 e. The number of aliphatic hydroxyl groups is 1. The molecular formula is C26H27N3O6S2. The van der Waals surface area contributed by atoms with Crippen LogP contribution in [0.5, 0.6) is 0 Å². The zero-order valence-corrected chi connectivity index (χ0v) is 22.4. The van der Waals surface area contributed by atoms with Crippen molar-refractivity contribution in [2.24, 2.45) is 11.3 Å². The van der Waals surface area contributed by atoms with E-state index >= 15 is 0 Å². The van der Waals surface area contributed by atoms with Crippen molar-refractivity contribution in [2.75, 3.05) is 12.9 Å². The van der Waals surface area contributed by atoms with Gasteiger partial charge in [0.2, 0.25) is 5.91 Å². The minimum atomic E-state index is -1.21. The number of carbonyl (C=O) groups excluding carboxylic acids is 2. The average Bonchev–Trinajstić information content (AvgIpc) is 3.47. The smallest absolute Gasteiger partial charge is 0.352 e. The third-order valence-electron chi connectivity index (χ3n) is 7.40. The summed E-state index contributed by atoms with van der Waals surface area (Å²) in [6.45, 7) is 5.29. The van der Waals surface area contributed by atoms with Crippen LogP contribution in [-0.2, 0) is 14.3 Å². The standard InChI is InChI=1S/C26H27N3O6S2/c1-13-7-5-6-8-15(13)25(34)35-10-9-26(3)18(16-11-28-12-27-21(36-4)23(28)37-16)19(24(32)33)29-20(26)17(14(2)30)22(29)31/h5-8,11-12,14,17,20,30H,9-10H2,1-4H3,(H,32,33)/t14?,17-,20-,26+/m1/s1. The van der Waals surface area contributed by atoms with Gasteiger partial charge in [-0.25, -0.2) is 14.6 Å². The predicted octanol–water partition coefficient (Wildman–Crippen LogP) is 3.70. The van der Waals surface area contributed by atoms with E-state index in [1.54, 1.807) is 25.4 Å². The quantitative estimate of drug-likeness (QED) is 0.252. The lowest BCUT2D eigenvalue weighted by Crippen LogP contribution is -2.66. The molecule has 37 heavy (non-hydrogen) atoms. The summed E-state index contributed by atoms with van der Waals surface area (Å²) < 4.78 is 7.48. The SMILES string of the molecule is CSc1ncn2cc(C3=C(C(=O)O)N4C(=O)[C@H](C(C)O)[C@@H]4[C@@]3(C)CCOC(=O)c3ccccc3C)sc12. The Bertz CT molecular complexity index is 1460. The van der Waals surface area contributed by atoms with Crippen molar-refractivity contribution >= 4 is 51.3 Å². The second-order valence-electron chi connectivity index (χ2n) is 9.63. The molecule has 0 bridgehead atoms. The molecule has 0 saturated carbocycles. The molecule has 4 atom stereocenters. The molecule has 9 nitrogen and oxygen atoms in total. The number of thiazole rings is 1. The lowest BCUT2D eigenvalue weighted by Gasteiger charge is -2.50. The number of fused-ring (bicyclic) bond motifs is 2. The van der Waals surface area contributed by atoms with Crippen LogP contribution < -0.4 is 0 Å². The molecule has 1 amide bonds. The summed E-state index contributed by atoms with van der Waals surface area (Å²) in [5, 5.41) is 21.5. The number of thioether (sulfide) groups is 1. The molecule has 2 N–H and O–H groups in total. The summed E-state index contributed by atoms with van der Waals surface area (Å²) in [5.41, 5.74) is 0.808.